The molecule has 0 saturated carbocycles. The first-order valence-electron chi connectivity index (χ1n) is 8.30. The van der Waals surface area contributed by atoms with Crippen LogP contribution in [0.1, 0.15) is 16.8 Å². The lowest BCUT2D eigenvalue weighted by atomic mass is 10.1. The highest BCUT2D eigenvalue weighted by Gasteiger charge is 2.12. The zero-order valence-electron chi connectivity index (χ0n) is 14.6. The largest absolute Gasteiger partial charge is 0.340 e. The Bertz CT molecular complexity index is 1240. The first-order valence-corrected chi connectivity index (χ1v) is 9.84. The van der Waals surface area contributed by atoms with Crippen molar-refractivity contribution in [3.05, 3.63) is 71.5 Å². The Hall–Kier alpha value is -2.70. The molecule has 0 spiro atoms. The number of pyridine rings is 1. The lowest BCUT2D eigenvalue weighted by Gasteiger charge is -2.11. The van der Waals surface area contributed by atoms with E-state index in [2.05, 4.69) is 47.7 Å². The maximum Gasteiger partial charge on any atom is 0.238 e. The van der Waals surface area contributed by atoms with Crippen molar-refractivity contribution in [2.75, 3.05) is 0 Å². The van der Waals surface area contributed by atoms with E-state index in [1.807, 2.05) is 6.20 Å². The van der Waals surface area contributed by atoms with E-state index in [1.54, 1.807) is 24.3 Å². The summed E-state index contributed by atoms with van der Waals surface area (Å²) in [4.78, 5) is 4.70. The van der Waals surface area contributed by atoms with Crippen molar-refractivity contribution >= 4 is 31.8 Å². The third kappa shape index (κ3) is 2.87. The van der Waals surface area contributed by atoms with Crippen LogP contribution < -0.4 is 5.14 Å². The van der Waals surface area contributed by atoms with Crippen molar-refractivity contribution in [1.29, 1.82) is 0 Å². The fraction of sp³-hybridized carbons (Fsp3) is 0.150. The van der Waals surface area contributed by atoms with Crippen LogP contribution in [-0.4, -0.2) is 18.0 Å². The highest BCUT2D eigenvalue weighted by molar-refractivity contribution is 7.89. The number of rotatable bonds is 3. The van der Waals surface area contributed by atoms with Crippen LogP contribution in [0.25, 0.3) is 21.8 Å². The molecule has 2 N–H and O–H groups in total. The maximum absolute atomic E-state index is 11.4. The van der Waals surface area contributed by atoms with Crippen molar-refractivity contribution in [1.82, 2.24) is 9.55 Å². The molecule has 0 saturated heterocycles. The monoisotopic (exact) mass is 365 g/mol. The fourth-order valence-corrected chi connectivity index (χ4v) is 3.88. The molecule has 0 amide bonds. The molecule has 4 aromatic rings. The quantitative estimate of drug-likeness (QED) is 0.603. The molecule has 0 unspecified atom stereocenters. The van der Waals surface area contributed by atoms with Crippen LogP contribution in [0.2, 0.25) is 0 Å². The van der Waals surface area contributed by atoms with Crippen LogP contribution in [0.4, 0.5) is 0 Å². The molecule has 0 radical (unpaired) electrons. The number of nitrogens with zero attached hydrogens (tertiary/aromatic N) is 2. The Morgan fingerprint density at radius 2 is 1.77 bits per heavy atom. The van der Waals surface area contributed by atoms with E-state index in [1.165, 1.54) is 5.56 Å². The van der Waals surface area contributed by atoms with E-state index in [-0.39, 0.29) is 4.90 Å². The normalized spacial score (nSPS) is 12.1. The van der Waals surface area contributed by atoms with Gasteiger partial charge in [-0.3, -0.25) is 4.98 Å². The summed E-state index contributed by atoms with van der Waals surface area (Å²) in [6.45, 7) is 4.77. The molecule has 4 rings (SSSR count). The zero-order valence-corrected chi connectivity index (χ0v) is 15.4. The predicted molar refractivity (Wildman–Crippen MR) is 104 cm³/mol. The van der Waals surface area contributed by atoms with Gasteiger partial charge in [0.25, 0.3) is 0 Å². The number of sulfonamides is 1. The third-order valence-electron chi connectivity index (χ3n) is 4.68. The summed E-state index contributed by atoms with van der Waals surface area (Å²) < 4.78 is 25.1. The summed E-state index contributed by atoms with van der Waals surface area (Å²) in [5, 5.41) is 7.39. The van der Waals surface area contributed by atoms with Crippen molar-refractivity contribution < 1.29 is 8.42 Å². The summed E-state index contributed by atoms with van der Waals surface area (Å²) in [7, 11) is -3.67. The molecule has 2 aromatic heterocycles. The van der Waals surface area contributed by atoms with Gasteiger partial charge in [-0.05, 0) is 49.2 Å². The predicted octanol–water partition coefficient (Wildman–Crippen LogP) is 3.50. The molecule has 0 atom stereocenters. The van der Waals surface area contributed by atoms with Gasteiger partial charge in [-0.2, -0.15) is 0 Å². The van der Waals surface area contributed by atoms with Crippen molar-refractivity contribution in [2.24, 2.45) is 5.14 Å². The van der Waals surface area contributed by atoms with E-state index in [9.17, 15) is 8.42 Å². The molecule has 26 heavy (non-hydrogen) atoms. The molecule has 0 aliphatic rings. The molecule has 0 fully saturated rings. The van der Waals surface area contributed by atoms with Crippen molar-refractivity contribution in [3.63, 3.8) is 0 Å². The van der Waals surface area contributed by atoms with Crippen molar-refractivity contribution in [3.8, 4) is 0 Å². The van der Waals surface area contributed by atoms with Gasteiger partial charge in [-0.1, -0.05) is 24.3 Å². The molecule has 0 aliphatic heterocycles. The number of aryl methyl sites for hydroxylation is 2. The Morgan fingerprint density at radius 1 is 1.04 bits per heavy atom. The van der Waals surface area contributed by atoms with E-state index in [0.29, 0.717) is 6.54 Å². The molecular formula is C20H19N3O2S. The number of fused-ring (bicyclic) bond motifs is 3. The second-order valence-corrected chi connectivity index (χ2v) is 8.20. The summed E-state index contributed by atoms with van der Waals surface area (Å²) in [5.41, 5.74) is 5.43. The first kappa shape index (κ1) is 16.8. The number of nitrogens with two attached hydrogens (primary N) is 1. The Morgan fingerprint density at radius 3 is 2.46 bits per heavy atom. The van der Waals surface area contributed by atoms with Crippen LogP contribution >= 0.6 is 0 Å². The minimum Gasteiger partial charge on any atom is -0.340 e. The van der Waals surface area contributed by atoms with Gasteiger partial charge in [0.15, 0.2) is 0 Å². The summed E-state index contributed by atoms with van der Waals surface area (Å²) in [6.07, 6.45) is 1.91. The van der Waals surface area contributed by atoms with Gasteiger partial charge in [0.1, 0.15) is 0 Å². The number of hydrogen-bond acceptors (Lipinski definition) is 3. The van der Waals surface area contributed by atoms with E-state index < -0.39 is 10.0 Å². The molecule has 5 nitrogen and oxygen atoms in total. The van der Waals surface area contributed by atoms with Gasteiger partial charge in [0.2, 0.25) is 10.0 Å². The second-order valence-electron chi connectivity index (χ2n) is 6.64. The number of aromatic nitrogens is 2. The Balaban J connectivity index is 1.84. The lowest BCUT2D eigenvalue weighted by molar-refractivity contribution is 0.597. The van der Waals surface area contributed by atoms with Gasteiger partial charge in [0.05, 0.1) is 15.9 Å². The average molecular weight is 365 g/mol. The minimum atomic E-state index is -3.67. The van der Waals surface area contributed by atoms with Gasteiger partial charge < -0.3 is 4.57 Å². The third-order valence-corrected chi connectivity index (χ3v) is 5.61. The fourth-order valence-electron chi connectivity index (χ4n) is 3.36. The SMILES string of the molecule is Cc1ccc2c(c1)ncc1cc(C)n(Cc3ccc(S(N)(=O)=O)cc3)c12. The van der Waals surface area contributed by atoms with E-state index >= 15 is 0 Å². The minimum absolute atomic E-state index is 0.125. The van der Waals surface area contributed by atoms with E-state index in [0.717, 1.165) is 33.1 Å². The Labute approximate surface area is 152 Å². The molecule has 132 valence electrons. The van der Waals surface area contributed by atoms with Gasteiger partial charge in [-0.15, -0.1) is 0 Å². The van der Waals surface area contributed by atoms with Crippen LogP contribution in [0.5, 0.6) is 0 Å². The van der Waals surface area contributed by atoms with E-state index in [4.69, 9.17) is 5.14 Å². The highest BCUT2D eigenvalue weighted by atomic mass is 32.2. The van der Waals surface area contributed by atoms with Gasteiger partial charge in [0, 0.05) is 29.2 Å². The van der Waals surface area contributed by atoms with Crippen LogP contribution in [0.3, 0.4) is 0 Å². The first-order chi connectivity index (χ1) is 12.3. The lowest BCUT2D eigenvalue weighted by Crippen LogP contribution is -2.12. The number of benzene rings is 2. The number of primary sulfonamides is 1. The molecular weight excluding hydrogens is 346 g/mol. The van der Waals surface area contributed by atoms with Gasteiger partial charge in [-0.25, -0.2) is 13.6 Å². The highest BCUT2D eigenvalue weighted by Crippen LogP contribution is 2.28. The second kappa shape index (κ2) is 5.93. The molecule has 0 bridgehead atoms. The zero-order chi connectivity index (χ0) is 18.5. The average Bonchev–Trinajstić information content (AvgIpc) is 2.90. The van der Waals surface area contributed by atoms with Crippen LogP contribution in [-0.2, 0) is 16.6 Å². The summed E-state index contributed by atoms with van der Waals surface area (Å²) >= 11 is 0. The maximum atomic E-state index is 11.4. The summed E-state index contributed by atoms with van der Waals surface area (Å²) in [5.74, 6) is 0. The number of hydrogen-bond donors (Lipinski definition) is 1. The Kier molecular flexibility index (Phi) is 3.82. The summed E-state index contributed by atoms with van der Waals surface area (Å²) in [6, 6.07) is 15.1. The standard InChI is InChI=1S/C20H19N3O2S/c1-13-3-8-18-19(9-13)22-11-16-10-14(2)23(20(16)18)12-15-4-6-17(7-5-15)26(21,24)25/h3-11H,12H2,1-2H3,(H2,21,24,25). The molecule has 2 heterocycles. The molecule has 0 aliphatic carbocycles. The van der Waals surface area contributed by atoms with Crippen molar-refractivity contribution in [2.45, 2.75) is 25.3 Å². The topological polar surface area (TPSA) is 78.0 Å². The molecule has 2 aromatic carbocycles. The van der Waals surface area contributed by atoms with Crippen LogP contribution in [0, 0.1) is 13.8 Å². The smallest absolute Gasteiger partial charge is 0.238 e. The van der Waals surface area contributed by atoms with Gasteiger partial charge >= 0.3 is 0 Å². The molecule has 6 heteroatoms. The van der Waals surface area contributed by atoms with Crippen LogP contribution in [0.15, 0.2) is 59.6 Å².